The summed E-state index contributed by atoms with van der Waals surface area (Å²) in [6.45, 7) is 5.50. The van der Waals surface area contributed by atoms with Crippen molar-refractivity contribution in [3.8, 4) is 0 Å². The first-order valence-corrected chi connectivity index (χ1v) is 7.50. The summed E-state index contributed by atoms with van der Waals surface area (Å²) in [7, 11) is 0. The van der Waals surface area contributed by atoms with Crippen molar-refractivity contribution >= 4 is 11.3 Å². The molecule has 0 fully saturated rings. The molecule has 0 aliphatic heterocycles. The highest BCUT2D eigenvalue weighted by Gasteiger charge is 2.14. The lowest BCUT2D eigenvalue weighted by molar-refractivity contribution is 0.535. The Morgan fingerprint density at radius 3 is 2.56 bits per heavy atom. The minimum absolute atomic E-state index is 0.451. The van der Waals surface area contributed by atoms with Gasteiger partial charge in [0.2, 0.25) is 0 Å². The number of thiophene rings is 1. The summed E-state index contributed by atoms with van der Waals surface area (Å²) in [4.78, 5) is 1.48. The maximum absolute atomic E-state index is 3.67. The van der Waals surface area contributed by atoms with Gasteiger partial charge in [-0.3, -0.25) is 0 Å². The summed E-state index contributed by atoms with van der Waals surface area (Å²) in [6, 6.07) is 13.4. The minimum atomic E-state index is 0.451. The van der Waals surface area contributed by atoms with Crippen molar-refractivity contribution in [1.29, 1.82) is 0 Å². The maximum Gasteiger partial charge on any atom is 0.0458 e. The zero-order valence-electron chi connectivity index (χ0n) is 11.1. The molecule has 0 aliphatic carbocycles. The van der Waals surface area contributed by atoms with E-state index >= 15 is 0 Å². The molecule has 1 heterocycles. The molecular formula is C16H21NS. The highest BCUT2D eigenvalue weighted by Crippen LogP contribution is 2.26. The van der Waals surface area contributed by atoms with Crippen LogP contribution in [0, 0.1) is 6.92 Å². The second-order valence-electron chi connectivity index (χ2n) is 4.66. The van der Waals surface area contributed by atoms with E-state index in [-0.39, 0.29) is 0 Å². The molecule has 18 heavy (non-hydrogen) atoms. The van der Waals surface area contributed by atoms with Crippen LogP contribution in [-0.4, -0.2) is 6.54 Å². The van der Waals surface area contributed by atoms with Crippen LogP contribution in [0.3, 0.4) is 0 Å². The molecule has 1 N–H and O–H groups in total. The van der Waals surface area contributed by atoms with Gasteiger partial charge in [0.15, 0.2) is 0 Å². The standard InChI is InChI=1S/C16H21NS/c1-3-10-17-15(16-13(2)9-11-18-16)12-14-7-5-4-6-8-14/h4-9,11,15,17H,3,10,12H2,1-2H3. The predicted molar refractivity (Wildman–Crippen MR) is 80.2 cm³/mol. The molecule has 0 bridgehead atoms. The van der Waals surface area contributed by atoms with Gasteiger partial charge in [0.05, 0.1) is 0 Å². The highest BCUT2D eigenvalue weighted by molar-refractivity contribution is 7.10. The van der Waals surface area contributed by atoms with Crippen molar-refractivity contribution in [3.05, 3.63) is 57.8 Å². The first-order chi connectivity index (χ1) is 8.81. The van der Waals surface area contributed by atoms with E-state index in [9.17, 15) is 0 Å². The van der Waals surface area contributed by atoms with Gasteiger partial charge in [0, 0.05) is 10.9 Å². The Labute approximate surface area is 114 Å². The highest BCUT2D eigenvalue weighted by atomic mass is 32.1. The monoisotopic (exact) mass is 259 g/mol. The van der Waals surface area contributed by atoms with Gasteiger partial charge < -0.3 is 5.32 Å². The summed E-state index contributed by atoms with van der Waals surface area (Å²) in [6.07, 6.45) is 2.25. The third kappa shape index (κ3) is 3.44. The Balaban J connectivity index is 2.13. The summed E-state index contributed by atoms with van der Waals surface area (Å²) in [5.41, 5.74) is 2.81. The van der Waals surface area contributed by atoms with E-state index < -0.39 is 0 Å². The molecule has 2 aromatic rings. The lowest BCUT2D eigenvalue weighted by atomic mass is 10.0. The molecule has 0 spiro atoms. The molecule has 2 rings (SSSR count). The molecule has 0 saturated heterocycles. The van der Waals surface area contributed by atoms with Gasteiger partial charge in [-0.05, 0) is 48.9 Å². The lowest BCUT2D eigenvalue weighted by Crippen LogP contribution is -2.23. The van der Waals surface area contributed by atoms with Crippen LogP contribution in [-0.2, 0) is 6.42 Å². The molecule has 0 radical (unpaired) electrons. The third-order valence-corrected chi connectivity index (χ3v) is 4.27. The number of rotatable bonds is 6. The molecule has 0 aliphatic rings. The number of hydrogen-bond acceptors (Lipinski definition) is 2. The molecule has 0 amide bonds. The molecule has 1 aromatic heterocycles. The largest absolute Gasteiger partial charge is 0.309 e. The molecule has 2 heteroatoms. The van der Waals surface area contributed by atoms with E-state index in [2.05, 4.69) is 60.9 Å². The van der Waals surface area contributed by atoms with Crippen molar-refractivity contribution in [2.45, 2.75) is 32.7 Å². The van der Waals surface area contributed by atoms with E-state index in [0.717, 1.165) is 13.0 Å². The lowest BCUT2D eigenvalue weighted by Gasteiger charge is -2.18. The Morgan fingerprint density at radius 2 is 1.94 bits per heavy atom. The Hall–Kier alpha value is -1.12. The molecule has 0 saturated carbocycles. The normalized spacial score (nSPS) is 12.6. The molecule has 1 unspecified atom stereocenters. The van der Waals surface area contributed by atoms with Crippen molar-refractivity contribution in [2.75, 3.05) is 6.54 Å². The molecular weight excluding hydrogens is 238 g/mol. The van der Waals surface area contributed by atoms with Gasteiger partial charge in [0.25, 0.3) is 0 Å². The average molecular weight is 259 g/mol. The van der Waals surface area contributed by atoms with E-state index in [0.29, 0.717) is 6.04 Å². The van der Waals surface area contributed by atoms with Crippen LogP contribution in [0.2, 0.25) is 0 Å². The second kappa shape index (κ2) is 6.72. The van der Waals surface area contributed by atoms with Crippen molar-refractivity contribution in [3.63, 3.8) is 0 Å². The Morgan fingerprint density at radius 1 is 1.17 bits per heavy atom. The smallest absolute Gasteiger partial charge is 0.0458 e. The SMILES string of the molecule is CCCNC(Cc1ccccc1)c1sccc1C. The van der Waals surface area contributed by atoms with Crippen LogP contribution < -0.4 is 5.32 Å². The number of nitrogens with one attached hydrogen (secondary N) is 1. The van der Waals surface area contributed by atoms with E-state index in [1.165, 1.54) is 22.4 Å². The third-order valence-electron chi connectivity index (χ3n) is 3.14. The van der Waals surface area contributed by atoms with Crippen molar-refractivity contribution in [1.82, 2.24) is 5.32 Å². The van der Waals surface area contributed by atoms with Crippen LogP contribution in [0.1, 0.15) is 35.4 Å². The first kappa shape index (κ1) is 13.3. The number of benzene rings is 1. The van der Waals surface area contributed by atoms with Crippen molar-refractivity contribution in [2.24, 2.45) is 0 Å². The zero-order chi connectivity index (χ0) is 12.8. The second-order valence-corrected chi connectivity index (χ2v) is 5.61. The minimum Gasteiger partial charge on any atom is -0.309 e. The Bertz CT molecular complexity index is 461. The van der Waals surface area contributed by atoms with E-state index in [1.807, 2.05) is 11.3 Å². The van der Waals surface area contributed by atoms with E-state index in [1.54, 1.807) is 0 Å². The van der Waals surface area contributed by atoms with Gasteiger partial charge in [-0.25, -0.2) is 0 Å². The average Bonchev–Trinajstić information content (AvgIpc) is 2.82. The summed E-state index contributed by atoms with van der Waals surface area (Å²) < 4.78 is 0. The topological polar surface area (TPSA) is 12.0 Å². The number of hydrogen-bond donors (Lipinski definition) is 1. The van der Waals surface area contributed by atoms with Crippen LogP contribution in [0.4, 0.5) is 0 Å². The molecule has 1 nitrogen and oxygen atoms in total. The van der Waals surface area contributed by atoms with Gasteiger partial charge in [-0.15, -0.1) is 11.3 Å². The molecule has 1 atom stereocenters. The van der Waals surface area contributed by atoms with Gasteiger partial charge in [-0.1, -0.05) is 37.3 Å². The van der Waals surface area contributed by atoms with Gasteiger partial charge in [-0.2, -0.15) is 0 Å². The van der Waals surface area contributed by atoms with Crippen molar-refractivity contribution < 1.29 is 0 Å². The maximum atomic E-state index is 3.67. The zero-order valence-corrected chi connectivity index (χ0v) is 12.0. The molecule has 96 valence electrons. The quantitative estimate of drug-likeness (QED) is 0.813. The summed E-state index contributed by atoms with van der Waals surface area (Å²) >= 11 is 1.86. The van der Waals surface area contributed by atoms with Crippen LogP contribution >= 0.6 is 11.3 Å². The summed E-state index contributed by atoms with van der Waals surface area (Å²) in [5, 5.41) is 5.86. The fraction of sp³-hybridized carbons (Fsp3) is 0.375. The predicted octanol–water partition coefficient (Wildman–Crippen LogP) is 4.34. The fourth-order valence-corrected chi connectivity index (χ4v) is 3.17. The number of aryl methyl sites for hydroxylation is 1. The molecule has 1 aromatic carbocycles. The van der Waals surface area contributed by atoms with Crippen LogP contribution in [0.15, 0.2) is 41.8 Å². The summed E-state index contributed by atoms with van der Waals surface area (Å²) in [5.74, 6) is 0. The first-order valence-electron chi connectivity index (χ1n) is 6.62. The Kier molecular flexibility index (Phi) is 4.97. The van der Waals surface area contributed by atoms with Gasteiger partial charge in [0.1, 0.15) is 0 Å². The van der Waals surface area contributed by atoms with Gasteiger partial charge >= 0.3 is 0 Å². The fourth-order valence-electron chi connectivity index (χ4n) is 2.17. The van der Waals surface area contributed by atoms with E-state index in [4.69, 9.17) is 0 Å². The van der Waals surface area contributed by atoms with Crippen LogP contribution in [0.25, 0.3) is 0 Å². The van der Waals surface area contributed by atoms with Crippen LogP contribution in [0.5, 0.6) is 0 Å².